The Hall–Kier alpha value is -6.72. The van der Waals surface area contributed by atoms with Crippen LogP contribution in [0.2, 0.25) is 0 Å². The lowest BCUT2D eigenvalue weighted by Crippen LogP contribution is -1.98. The number of rotatable bonds is 3. The minimum absolute atomic E-state index is 0.534. The first-order valence-electron chi connectivity index (χ1n) is 16.5. The molecule has 0 amide bonds. The summed E-state index contributed by atoms with van der Waals surface area (Å²) in [6.07, 6.45) is 1.88. The van der Waals surface area contributed by atoms with Gasteiger partial charge in [0.05, 0.1) is 33.6 Å². The molecule has 4 aromatic heterocycles. The topological polar surface area (TPSA) is 48.8 Å². The predicted octanol–water partition coefficient (Wildman–Crippen LogP) is 11.4. The largest absolute Gasteiger partial charge is 0.436 e. The van der Waals surface area contributed by atoms with Crippen LogP contribution in [0.25, 0.3) is 99.2 Å². The Balaban J connectivity index is 1.12. The Bertz CT molecular complexity index is 3110. The predicted molar refractivity (Wildman–Crippen MR) is 201 cm³/mol. The Morgan fingerprint density at radius 2 is 1.12 bits per heavy atom. The fraction of sp³-hybridized carbons (Fsp3) is 0. The van der Waals surface area contributed by atoms with E-state index in [1.807, 2.05) is 12.3 Å². The molecular formula is C44H26N4O. The lowest BCUT2D eigenvalue weighted by molar-refractivity contribution is 0.652. The van der Waals surface area contributed by atoms with Crippen molar-refractivity contribution in [2.75, 3.05) is 0 Å². The highest BCUT2D eigenvalue weighted by atomic mass is 16.3. The summed E-state index contributed by atoms with van der Waals surface area (Å²) < 4.78 is 10.9. The summed E-state index contributed by atoms with van der Waals surface area (Å²) in [5.41, 5.74) is 10.1. The van der Waals surface area contributed by atoms with Crippen LogP contribution in [-0.2, 0) is 0 Å². The quantitative estimate of drug-likeness (QED) is 0.196. The second-order valence-electron chi connectivity index (χ2n) is 12.6. The number of aromatic nitrogens is 4. The summed E-state index contributed by atoms with van der Waals surface area (Å²) in [6, 6.07) is 53.8. The van der Waals surface area contributed by atoms with Crippen LogP contribution < -0.4 is 0 Å². The molecule has 0 radical (unpaired) electrons. The van der Waals surface area contributed by atoms with Crippen molar-refractivity contribution in [3.05, 3.63) is 158 Å². The summed E-state index contributed by atoms with van der Waals surface area (Å²) in [6.45, 7) is 0. The SMILES string of the molecule is c1ccc(-n2c3ccccc3c3cc(-c4ccc5c6ccccc6n(-c6cnc7c(n6)oc6ccc8ccccc8c67)c5c4)ccc32)cc1. The van der Waals surface area contributed by atoms with Crippen molar-refractivity contribution in [2.24, 2.45) is 0 Å². The molecule has 0 spiro atoms. The molecule has 0 atom stereocenters. The molecule has 0 aliphatic rings. The smallest absolute Gasteiger partial charge is 0.248 e. The third kappa shape index (κ3) is 3.75. The summed E-state index contributed by atoms with van der Waals surface area (Å²) >= 11 is 0. The van der Waals surface area contributed by atoms with E-state index in [4.69, 9.17) is 14.4 Å². The Morgan fingerprint density at radius 3 is 1.98 bits per heavy atom. The van der Waals surface area contributed by atoms with Gasteiger partial charge in [0.25, 0.3) is 0 Å². The molecule has 228 valence electrons. The molecule has 5 heteroatoms. The molecule has 5 nitrogen and oxygen atoms in total. The summed E-state index contributed by atoms with van der Waals surface area (Å²) in [5.74, 6) is 0.723. The number of hydrogen-bond acceptors (Lipinski definition) is 3. The molecule has 0 N–H and O–H groups in total. The Kier molecular flexibility index (Phi) is 5.32. The Labute approximate surface area is 279 Å². The molecule has 7 aromatic carbocycles. The second kappa shape index (κ2) is 9.89. The fourth-order valence-corrected chi connectivity index (χ4v) is 7.80. The zero-order valence-electron chi connectivity index (χ0n) is 26.2. The van der Waals surface area contributed by atoms with Gasteiger partial charge in [0.1, 0.15) is 11.1 Å². The number of nitrogens with zero attached hydrogens (tertiary/aromatic N) is 4. The normalized spacial score (nSPS) is 12.1. The van der Waals surface area contributed by atoms with Crippen molar-refractivity contribution in [1.82, 2.24) is 19.1 Å². The number of hydrogen-bond donors (Lipinski definition) is 0. The molecule has 11 rings (SSSR count). The van der Waals surface area contributed by atoms with Crippen molar-refractivity contribution < 1.29 is 4.42 Å². The number of para-hydroxylation sites is 3. The van der Waals surface area contributed by atoms with E-state index in [-0.39, 0.29) is 0 Å². The van der Waals surface area contributed by atoms with Crippen LogP contribution in [0.1, 0.15) is 0 Å². The van der Waals surface area contributed by atoms with E-state index >= 15 is 0 Å². The molecule has 11 aromatic rings. The van der Waals surface area contributed by atoms with Crippen LogP contribution in [0, 0.1) is 0 Å². The van der Waals surface area contributed by atoms with Gasteiger partial charge in [-0.1, -0.05) is 103 Å². The lowest BCUT2D eigenvalue weighted by atomic mass is 10.0. The summed E-state index contributed by atoms with van der Waals surface area (Å²) in [7, 11) is 0. The van der Waals surface area contributed by atoms with Gasteiger partial charge < -0.3 is 8.98 Å². The van der Waals surface area contributed by atoms with Gasteiger partial charge >= 0.3 is 0 Å². The molecule has 0 aliphatic carbocycles. The number of furan rings is 1. The minimum Gasteiger partial charge on any atom is -0.436 e. The first-order valence-corrected chi connectivity index (χ1v) is 16.5. The molecule has 0 bridgehead atoms. The molecule has 4 heterocycles. The molecule has 0 fully saturated rings. The van der Waals surface area contributed by atoms with Gasteiger partial charge in [0, 0.05) is 27.2 Å². The van der Waals surface area contributed by atoms with Gasteiger partial charge in [-0.2, -0.15) is 4.98 Å². The summed E-state index contributed by atoms with van der Waals surface area (Å²) in [4.78, 5) is 10.1. The molecule has 0 aliphatic heterocycles. The van der Waals surface area contributed by atoms with Crippen LogP contribution in [-0.4, -0.2) is 19.1 Å². The van der Waals surface area contributed by atoms with E-state index in [2.05, 4.69) is 155 Å². The van der Waals surface area contributed by atoms with Crippen molar-refractivity contribution >= 4 is 76.6 Å². The zero-order chi connectivity index (χ0) is 32.1. The van der Waals surface area contributed by atoms with E-state index < -0.39 is 0 Å². The van der Waals surface area contributed by atoms with Crippen LogP contribution in [0.15, 0.2) is 162 Å². The van der Waals surface area contributed by atoms with E-state index in [0.717, 1.165) is 60.9 Å². The molecule has 0 saturated carbocycles. The third-order valence-corrected chi connectivity index (χ3v) is 9.99. The van der Waals surface area contributed by atoms with E-state index in [1.165, 1.54) is 32.6 Å². The van der Waals surface area contributed by atoms with E-state index in [1.54, 1.807) is 0 Å². The van der Waals surface area contributed by atoms with Gasteiger partial charge in [-0.15, -0.1) is 0 Å². The van der Waals surface area contributed by atoms with Crippen molar-refractivity contribution in [2.45, 2.75) is 0 Å². The first kappa shape index (κ1) is 26.4. The molecule has 0 unspecified atom stereocenters. The van der Waals surface area contributed by atoms with Crippen LogP contribution in [0.5, 0.6) is 0 Å². The van der Waals surface area contributed by atoms with Crippen LogP contribution >= 0.6 is 0 Å². The molecular weight excluding hydrogens is 601 g/mol. The second-order valence-corrected chi connectivity index (χ2v) is 12.6. The third-order valence-electron chi connectivity index (χ3n) is 9.99. The monoisotopic (exact) mass is 626 g/mol. The lowest BCUT2D eigenvalue weighted by Gasteiger charge is -2.09. The molecule has 0 saturated heterocycles. The first-order chi connectivity index (χ1) is 24.3. The van der Waals surface area contributed by atoms with Crippen LogP contribution in [0.4, 0.5) is 0 Å². The Morgan fingerprint density at radius 1 is 0.469 bits per heavy atom. The van der Waals surface area contributed by atoms with E-state index in [0.29, 0.717) is 5.71 Å². The fourth-order valence-electron chi connectivity index (χ4n) is 7.80. The number of fused-ring (bicyclic) bond motifs is 11. The summed E-state index contributed by atoms with van der Waals surface area (Å²) in [5, 5.41) is 8.07. The maximum absolute atomic E-state index is 6.34. The van der Waals surface area contributed by atoms with Crippen molar-refractivity contribution in [3.8, 4) is 22.6 Å². The van der Waals surface area contributed by atoms with Gasteiger partial charge in [-0.3, -0.25) is 4.57 Å². The highest BCUT2D eigenvalue weighted by Gasteiger charge is 2.19. The molecule has 49 heavy (non-hydrogen) atoms. The average Bonchev–Trinajstić information content (AvgIpc) is 3.82. The highest BCUT2D eigenvalue weighted by molar-refractivity contribution is 6.17. The maximum atomic E-state index is 6.34. The van der Waals surface area contributed by atoms with Gasteiger partial charge in [-0.25, -0.2) is 4.98 Å². The average molecular weight is 627 g/mol. The zero-order valence-corrected chi connectivity index (χ0v) is 26.2. The van der Waals surface area contributed by atoms with Gasteiger partial charge in [0.2, 0.25) is 5.71 Å². The minimum atomic E-state index is 0.534. The van der Waals surface area contributed by atoms with Gasteiger partial charge in [0.15, 0.2) is 5.82 Å². The standard InChI is InChI=1S/C44H26N4O/c1-2-11-30(12-3-1)47-36-16-8-7-15-33(36)35-24-28(19-22-38(35)47)29-18-21-34-32-14-6-9-17-37(32)48(39(34)25-29)41-26-45-43-42-31-13-5-4-10-27(31)20-23-40(42)49-44(43)46-41/h1-26H. The van der Waals surface area contributed by atoms with Crippen LogP contribution in [0.3, 0.4) is 0 Å². The number of benzene rings is 7. The van der Waals surface area contributed by atoms with Crippen molar-refractivity contribution in [3.63, 3.8) is 0 Å². The maximum Gasteiger partial charge on any atom is 0.248 e. The highest BCUT2D eigenvalue weighted by Crippen LogP contribution is 2.39. The van der Waals surface area contributed by atoms with Crippen molar-refractivity contribution in [1.29, 1.82) is 0 Å². The van der Waals surface area contributed by atoms with Gasteiger partial charge in [-0.05, 0) is 70.4 Å². The van der Waals surface area contributed by atoms with E-state index in [9.17, 15) is 0 Å².